The molecule has 1 unspecified atom stereocenters. The molecule has 1 aliphatic heterocycles. The summed E-state index contributed by atoms with van der Waals surface area (Å²) in [7, 11) is 1.65. The fraction of sp³-hybridized carbons (Fsp3) is 0.769. The van der Waals surface area contributed by atoms with Gasteiger partial charge in [0.1, 0.15) is 6.04 Å². The van der Waals surface area contributed by atoms with Crippen molar-refractivity contribution in [2.24, 2.45) is 5.92 Å². The zero-order chi connectivity index (χ0) is 14.5. The van der Waals surface area contributed by atoms with Crippen LogP contribution in [0, 0.1) is 5.92 Å². The number of carbonyl (C=O) groups is 1. The predicted molar refractivity (Wildman–Crippen MR) is 75.3 cm³/mol. The minimum absolute atomic E-state index is 0.000169. The van der Waals surface area contributed by atoms with Crippen molar-refractivity contribution in [2.75, 3.05) is 25.0 Å². The Bertz CT molecular complexity index is 446. The Morgan fingerprint density at radius 2 is 2.30 bits per heavy atom. The third-order valence-corrected chi connectivity index (χ3v) is 3.33. The first-order valence-corrected chi connectivity index (χ1v) is 7.13. The van der Waals surface area contributed by atoms with Crippen molar-refractivity contribution in [3.05, 3.63) is 5.89 Å². The van der Waals surface area contributed by atoms with Gasteiger partial charge in [0.15, 0.2) is 0 Å². The first-order valence-electron chi connectivity index (χ1n) is 7.13. The lowest BCUT2D eigenvalue weighted by Crippen LogP contribution is -2.42. The first kappa shape index (κ1) is 14.8. The molecule has 2 heterocycles. The topological polar surface area (TPSA) is 83.3 Å². The second kappa shape index (κ2) is 6.69. The quantitative estimate of drug-likeness (QED) is 0.791. The molecular formula is C13H23N5O2. The van der Waals surface area contributed by atoms with Crippen LogP contribution in [0.25, 0.3) is 0 Å². The average molecular weight is 281 g/mol. The van der Waals surface area contributed by atoms with E-state index in [1.165, 1.54) is 0 Å². The summed E-state index contributed by atoms with van der Waals surface area (Å²) in [4.78, 5) is 13.7. The predicted octanol–water partition coefficient (Wildman–Crippen LogP) is 0.530. The molecule has 1 fully saturated rings. The number of nitrogens with one attached hydrogen (secondary N) is 2. The van der Waals surface area contributed by atoms with Gasteiger partial charge in [-0.05, 0) is 25.3 Å². The zero-order valence-electron chi connectivity index (χ0n) is 12.3. The van der Waals surface area contributed by atoms with Crippen LogP contribution in [-0.4, -0.2) is 42.3 Å². The van der Waals surface area contributed by atoms with E-state index in [1.807, 2.05) is 4.90 Å². The average Bonchev–Trinajstić information content (AvgIpc) is 3.05. The first-order chi connectivity index (χ1) is 9.61. The summed E-state index contributed by atoms with van der Waals surface area (Å²) in [6.07, 6.45) is 1.78. The van der Waals surface area contributed by atoms with Gasteiger partial charge in [-0.2, -0.15) is 0 Å². The van der Waals surface area contributed by atoms with Crippen molar-refractivity contribution in [1.29, 1.82) is 0 Å². The van der Waals surface area contributed by atoms with E-state index in [0.29, 0.717) is 24.4 Å². The second-order valence-electron chi connectivity index (χ2n) is 5.47. The highest BCUT2D eigenvalue weighted by Crippen LogP contribution is 2.24. The van der Waals surface area contributed by atoms with E-state index in [4.69, 9.17) is 4.42 Å². The molecule has 2 N–H and O–H groups in total. The Morgan fingerprint density at radius 3 is 3.00 bits per heavy atom. The van der Waals surface area contributed by atoms with Crippen molar-refractivity contribution in [1.82, 2.24) is 20.8 Å². The molecule has 1 aromatic heterocycles. The van der Waals surface area contributed by atoms with Gasteiger partial charge in [-0.3, -0.25) is 4.79 Å². The van der Waals surface area contributed by atoms with Gasteiger partial charge in [-0.15, -0.1) is 5.10 Å². The molecule has 20 heavy (non-hydrogen) atoms. The van der Waals surface area contributed by atoms with E-state index in [-0.39, 0.29) is 11.9 Å². The lowest BCUT2D eigenvalue weighted by molar-refractivity contribution is -0.121. The summed E-state index contributed by atoms with van der Waals surface area (Å²) < 4.78 is 5.64. The molecule has 7 heteroatoms. The Labute approximate surface area is 119 Å². The number of anilines is 1. The molecule has 0 radical (unpaired) electrons. The lowest BCUT2D eigenvalue weighted by Gasteiger charge is -2.20. The van der Waals surface area contributed by atoms with Crippen LogP contribution in [0.15, 0.2) is 4.42 Å². The normalized spacial score (nSPS) is 18.8. The molecule has 2 rings (SSSR count). The maximum absolute atomic E-state index is 11.8. The summed E-state index contributed by atoms with van der Waals surface area (Å²) in [5.41, 5.74) is 0. The highest BCUT2D eigenvalue weighted by atomic mass is 16.4. The summed E-state index contributed by atoms with van der Waals surface area (Å²) >= 11 is 0. The Balaban J connectivity index is 1.95. The van der Waals surface area contributed by atoms with Gasteiger partial charge < -0.3 is 20.0 Å². The van der Waals surface area contributed by atoms with Crippen LogP contribution < -0.4 is 15.5 Å². The Kier molecular flexibility index (Phi) is 4.94. The van der Waals surface area contributed by atoms with E-state index in [0.717, 1.165) is 25.9 Å². The summed E-state index contributed by atoms with van der Waals surface area (Å²) in [5, 5.41) is 14.0. The molecule has 0 bridgehead atoms. The van der Waals surface area contributed by atoms with Crippen LogP contribution >= 0.6 is 0 Å². The molecule has 1 aliphatic rings. The number of rotatable bonds is 6. The van der Waals surface area contributed by atoms with E-state index >= 15 is 0 Å². The third-order valence-electron chi connectivity index (χ3n) is 3.33. The van der Waals surface area contributed by atoms with Crippen LogP contribution in [0.5, 0.6) is 0 Å². The van der Waals surface area contributed by atoms with E-state index in [9.17, 15) is 4.79 Å². The molecule has 0 aliphatic carbocycles. The number of likely N-dealkylation sites (N-methyl/N-ethyl adjacent to an activating group) is 1. The number of amides is 1. The highest BCUT2D eigenvalue weighted by Gasteiger charge is 2.33. The number of carbonyl (C=O) groups excluding carboxylic acids is 1. The molecular weight excluding hydrogens is 258 g/mol. The van der Waals surface area contributed by atoms with Crippen LogP contribution in [0.3, 0.4) is 0 Å². The van der Waals surface area contributed by atoms with Crippen LogP contribution in [-0.2, 0) is 11.3 Å². The van der Waals surface area contributed by atoms with Crippen LogP contribution in [0.2, 0.25) is 0 Å². The molecule has 112 valence electrons. The summed E-state index contributed by atoms with van der Waals surface area (Å²) in [6.45, 7) is 6.53. The van der Waals surface area contributed by atoms with Crippen molar-refractivity contribution < 1.29 is 9.21 Å². The molecule has 7 nitrogen and oxygen atoms in total. The third kappa shape index (κ3) is 3.47. The number of aromatic nitrogens is 2. The van der Waals surface area contributed by atoms with E-state index in [1.54, 1.807) is 7.05 Å². The number of hydrogen-bond donors (Lipinski definition) is 2. The molecule has 0 aromatic carbocycles. The summed E-state index contributed by atoms with van der Waals surface area (Å²) in [6, 6.07) is 0.245. The van der Waals surface area contributed by atoms with Crippen LogP contribution in [0.1, 0.15) is 32.6 Å². The zero-order valence-corrected chi connectivity index (χ0v) is 12.3. The standard InChI is InChI=1S/C13H23N5O2/c1-9(2)7-15-8-11-16-17-13(20-11)18-6-4-5-10(18)12(19)14-3/h9-10,15H,4-8H2,1-3H3,(H,14,19). The second-order valence-corrected chi connectivity index (χ2v) is 5.47. The molecule has 1 saturated heterocycles. The van der Waals surface area contributed by atoms with Crippen molar-refractivity contribution in [3.63, 3.8) is 0 Å². The van der Waals surface area contributed by atoms with Gasteiger partial charge in [-0.25, -0.2) is 0 Å². The Morgan fingerprint density at radius 1 is 1.50 bits per heavy atom. The number of hydrogen-bond acceptors (Lipinski definition) is 6. The lowest BCUT2D eigenvalue weighted by atomic mass is 10.2. The Hall–Kier alpha value is -1.63. The van der Waals surface area contributed by atoms with Crippen molar-refractivity contribution in [2.45, 2.75) is 39.3 Å². The van der Waals surface area contributed by atoms with Crippen molar-refractivity contribution >= 4 is 11.9 Å². The van der Waals surface area contributed by atoms with E-state index in [2.05, 4.69) is 34.7 Å². The van der Waals surface area contributed by atoms with Gasteiger partial charge in [-0.1, -0.05) is 18.9 Å². The van der Waals surface area contributed by atoms with Gasteiger partial charge in [0.25, 0.3) is 0 Å². The molecule has 0 spiro atoms. The number of nitrogens with zero attached hydrogens (tertiary/aromatic N) is 3. The van der Waals surface area contributed by atoms with Gasteiger partial charge in [0, 0.05) is 13.6 Å². The van der Waals surface area contributed by atoms with Crippen molar-refractivity contribution in [3.8, 4) is 0 Å². The van der Waals surface area contributed by atoms with Gasteiger partial charge >= 0.3 is 6.01 Å². The minimum atomic E-state index is -0.197. The fourth-order valence-corrected chi connectivity index (χ4v) is 2.33. The van der Waals surface area contributed by atoms with Crippen LogP contribution in [0.4, 0.5) is 6.01 Å². The maximum Gasteiger partial charge on any atom is 0.318 e. The van der Waals surface area contributed by atoms with Gasteiger partial charge in [0.05, 0.1) is 6.54 Å². The summed E-state index contributed by atoms with van der Waals surface area (Å²) in [5.74, 6) is 1.14. The molecule has 1 amide bonds. The largest absolute Gasteiger partial charge is 0.407 e. The monoisotopic (exact) mass is 281 g/mol. The molecule has 1 aromatic rings. The fourth-order valence-electron chi connectivity index (χ4n) is 2.33. The SMILES string of the molecule is CNC(=O)C1CCCN1c1nnc(CNCC(C)C)o1. The molecule has 0 saturated carbocycles. The molecule has 1 atom stereocenters. The minimum Gasteiger partial charge on any atom is -0.407 e. The maximum atomic E-state index is 11.8. The highest BCUT2D eigenvalue weighted by molar-refractivity contribution is 5.84. The van der Waals surface area contributed by atoms with Gasteiger partial charge in [0.2, 0.25) is 11.8 Å². The smallest absolute Gasteiger partial charge is 0.318 e. The van der Waals surface area contributed by atoms with E-state index < -0.39 is 0 Å².